The highest BCUT2D eigenvalue weighted by Crippen LogP contribution is 2.33. The largest absolute Gasteiger partial charge is 0.416 e. The van der Waals surface area contributed by atoms with Crippen molar-refractivity contribution in [3.63, 3.8) is 0 Å². The molecule has 2 aromatic heterocycles. The topological polar surface area (TPSA) is 75.6 Å². The van der Waals surface area contributed by atoms with Gasteiger partial charge in [-0.05, 0) is 31.2 Å². The molecule has 0 radical (unpaired) electrons. The molecule has 0 aliphatic rings. The fraction of sp³-hybridized carbons (Fsp3) is 0.150. The lowest BCUT2D eigenvalue weighted by atomic mass is 10.1. The molecule has 2 aromatic carbocycles. The number of nitrogens with zero attached hydrogens (tertiary/aromatic N) is 3. The summed E-state index contributed by atoms with van der Waals surface area (Å²) in [5.74, 6) is -1.14. The maximum Gasteiger partial charge on any atom is 0.416 e. The number of hydrogen-bond donors (Lipinski definition) is 2. The minimum atomic E-state index is -4.74. The van der Waals surface area contributed by atoms with Crippen LogP contribution in [0.4, 0.5) is 17.6 Å². The van der Waals surface area contributed by atoms with Gasteiger partial charge in [0.25, 0.3) is 5.91 Å². The molecule has 0 unspecified atom stereocenters. The fourth-order valence-corrected chi connectivity index (χ4v) is 3.23. The smallest absolute Gasteiger partial charge is 0.348 e. The molecule has 0 fully saturated rings. The molecule has 0 spiro atoms. The molecule has 0 atom stereocenters. The zero-order valence-electron chi connectivity index (χ0n) is 15.6. The summed E-state index contributed by atoms with van der Waals surface area (Å²) in [5.41, 5.74) is -0.0527. The van der Waals surface area contributed by atoms with Gasteiger partial charge in [0.15, 0.2) is 0 Å². The van der Waals surface area contributed by atoms with Crippen molar-refractivity contribution in [1.29, 1.82) is 0 Å². The monoisotopic (exact) mass is 417 g/mol. The molecule has 0 saturated heterocycles. The van der Waals surface area contributed by atoms with Crippen LogP contribution < -0.4 is 5.32 Å². The minimum absolute atomic E-state index is 0.168. The van der Waals surface area contributed by atoms with E-state index in [1.165, 1.54) is 6.33 Å². The standard InChI is InChI=1S/C20H15F4N5O/c1-11-27-17-8-12(29-6-5-25-10-29)7-13(18(17)28-11)19(30)26-9-14-15(20(22,23)24)3-2-4-16(14)21/h2-8,10H,9H2,1H3,(H,26,30)(H,27,28). The summed E-state index contributed by atoms with van der Waals surface area (Å²) in [5, 5.41) is 2.39. The Labute approximate surface area is 167 Å². The first-order valence-corrected chi connectivity index (χ1v) is 8.85. The number of benzene rings is 2. The van der Waals surface area contributed by atoms with Gasteiger partial charge in [-0.25, -0.2) is 14.4 Å². The predicted molar refractivity (Wildman–Crippen MR) is 101 cm³/mol. The van der Waals surface area contributed by atoms with Crippen molar-refractivity contribution in [2.45, 2.75) is 19.6 Å². The van der Waals surface area contributed by atoms with Gasteiger partial charge in [-0.15, -0.1) is 0 Å². The van der Waals surface area contributed by atoms with Crippen molar-refractivity contribution in [2.75, 3.05) is 0 Å². The van der Waals surface area contributed by atoms with Crippen LogP contribution in [-0.2, 0) is 12.7 Å². The van der Waals surface area contributed by atoms with Crippen molar-refractivity contribution in [3.05, 3.63) is 77.4 Å². The highest BCUT2D eigenvalue weighted by atomic mass is 19.4. The number of H-pyrrole nitrogens is 1. The third-order valence-corrected chi connectivity index (χ3v) is 4.59. The van der Waals surface area contributed by atoms with Gasteiger partial charge in [0, 0.05) is 30.2 Å². The second kappa shape index (κ2) is 7.29. The molecule has 2 N–H and O–H groups in total. The lowest BCUT2D eigenvalue weighted by Gasteiger charge is -2.14. The number of fused-ring (bicyclic) bond motifs is 1. The minimum Gasteiger partial charge on any atom is -0.348 e. The molecule has 1 amide bonds. The van der Waals surface area contributed by atoms with E-state index in [1.54, 1.807) is 36.0 Å². The molecule has 0 bridgehead atoms. The number of aromatic amines is 1. The molecule has 0 aliphatic carbocycles. The number of halogens is 4. The molecule has 30 heavy (non-hydrogen) atoms. The van der Waals surface area contributed by atoms with E-state index in [9.17, 15) is 22.4 Å². The summed E-state index contributed by atoms with van der Waals surface area (Å²) < 4.78 is 55.3. The van der Waals surface area contributed by atoms with Crippen molar-refractivity contribution in [2.24, 2.45) is 0 Å². The molecule has 6 nitrogen and oxygen atoms in total. The van der Waals surface area contributed by atoms with E-state index in [-0.39, 0.29) is 5.56 Å². The van der Waals surface area contributed by atoms with Crippen LogP contribution >= 0.6 is 0 Å². The van der Waals surface area contributed by atoms with Crippen LogP contribution in [0.2, 0.25) is 0 Å². The molecule has 2 heterocycles. The molecule has 0 aliphatic heterocycles. The average Bonchev–Trinajstić information content (AvgIpc) is 3.33. The zero-order valence-corrected chi connectivity index (χ0v) is 15.6. The first-order chi connectivity index (χ1) is 14.2. The first kappa shape index (κ1) is 19.6. The molecule has 4 rings (SSSR count). The average molecular weight is 417 g/mol. The van der Waals surface area contributed by atoms with Crippen LogP contribution in [0.15, 0.2) is 49.1 Å². The van der Waals surface area contributed by atoms with E-state index in [1.807, 2.05) is 0 Å². The molecule has 4 aromatic rings. The number of carbonyl (C=O) groups excluding carboxylic acids is 1. The third kappa shape index (κ3) is 3.63. The van der Waals surface area contributed by atoms with Crippen LogP contribution in [0.5, 0.6) is 0 Å². The Morgan fingerprint density at radius 1 is 1.27 bits per heavy atom. The van der Waals surface area contributed by atoms with Gasteiger partial charge in [0.05, 0.1) is 28.5 Å². The fourth-order valence-electron chi connectivity index (χ4n) is 3.23. The Bertz CT molecular complexity index is 1230. The summed E-state index contributed by atoms with van der Waals surface area (Å²) in [6.45, 7) is 1.10. The second-order valence-corrected chi connectivity index (χ2v) is 6.63. The molecule has 154 valence electrons. The summed E-state index contributed by atoms with van der Waals surface area (Å²) in [7, 11) is 0. The van der Waals surface area contributed by atoms with E-state index in [0.717, 1.165) is 18.2 Å². The number of amides is 1. The summed E-state index contributed by atoms with van der Waals surface area (Å²) in [6.07, 6.45) is 0.0441. The Hall–Kier alpha value is -3.69. The van der Waals surface area contributed by atoms with Crippen molar-refractivity contribution in [3.8, 4) is 5.69 Å². The maximum absolute atomic E-state index is 14.1. The summed E-state index contributed by atoms with van der Waals surface area (Å²) in [4.78, 5) is 24.1. The van der Waals surface area contributed by atoms with Crippen molar-refractivity contribution >= 4 is 16.9 Å². The number of rotatable bonds is 4. The zero-order chi connectivity index (χ0) is 21.5. The van der Waals surface area contributed by atoms with Gasteiger partial charge in [-0.3, -0.25) is 4.79 Å². The number of imidazole rings is 2. The Morgan fingerprint density at radius 2 is 2.07 bits per heavy atom. The van der Waals surface area contributed by atoms with E-state index < -0.39 is 35.6 Å². The van der Waals surface area contributed by atoms with Crippen LogP contribution in [0.1, 0.15) is 27.3 Å². The number of hydrogen-bond acceptors (Lipinski definition) is 3. The summed E-state index contributed by atoms with van der Waals surface area (Å²) in [6, 6.07) is 5.99. The number of alkyl halides is 3. The predicted octanol–water partition coefficient (Wildman–Crippen LogP) is 4.14. The quantitative estimate of drug-likeness (QED) is 0.490. The van der Waals surface area contributed by atoms with Gasteiger partial charge in [-0.1, -0.05) is 6.07 Å². The number of aryl methyl sites for hydroxylation is 1. The van der Waals surface area contributed by atoms with Crippen molar-refractivity contribution < 1.29 is 22.4 Å². The second-order valence-electron chi connectivity index (χ2n) is 6.63. The van der Waals surface area contributed by atoms with Gasteiger partial charge in [0.2, 0.25) is 0 Å². The van der Waals surface area contributed by atoms with Gasteiger partial charge in [0.1, 0.15) is 11.6 Å². The highest BCUT2D eigenvalue weighted by Gasteiger charge is 2.34. The SMILES string of the molecule is Cc1nc2cc(-n3ccnc3)cc(C(=O)NCc3c(F)cccc3C(F)(F)F)c2[nH]1. The normalized spacial score (nSPS) is 11.8. The van der Waals surface area contributed by atoms with Gasteiger partial charge >= 0.3 is 6.18 Å². The van der Waals surface area contributed by atoms with Gasteiger partial charge < -0.3 is 14.9 Å². The maximum atomic E-state index is 14.1. The molecular weight excluding hydrogens is 402 g/mol. The first-order valence-electron chi connectivity index (χ1n) is 8.85. The van der Waals surface area contributed by atoms with Crippen LogP contribution in [-0.4, -0.2) is 25.4 Å². The summed E-state index contributed by atoms with van der Waals surface area (Å²) >= 11 is 0. The van der Waals surface area contributed by atoms with Crippen LogP contribution in [0.3, 0.4) is 0 Å². The lowest BCUT2D eigenvalue weighted by Crippen LogP contribution is -2.25. The Balaban J connectivity index is 1.70. The van der Waals surface area contributed by atoms with Crippen LogP contribution in [0, 0.1) is 12.7 Å². The van der Waals surface area contributed by atoms with E-state index in [2.05, 4.69) is 20.3 Å². The molecular formula is C20H15F4N5O. The van der Waals surface area contributed by atoms with Crippen molar-refractivity contribution in [1.82, 2.24) is 24.8 Å². The van der Waals surface area contributed by atoms with E-state index in [4.69, 9.17) is 0 Å². The number of nitrogens with one attached hydrogen (secondary N) is 2. The number of carbonyl (C=O) groups is 1. The number of aromatic nitrogens is 4. The van der Waals surface area contributed by atoms with E-state index in [0.29, 0.717) is 22.5 Å². The van der Waals surface area contributed by atoms with Gasteiger partial charge in [-0.2, -0.15) is 13.2 Å². The lowest BCUT2D eigenvalue weighted by molar-refractivity contribution is -0.138. The Kier molecular flexibility index (Phi) is 4.76. The third-order valence-electron chi connectivity index (χ3n) is 4.59. The van der Waals surface area contributed by atoms with E-state index >= 15 is 0 Å². The highest BCUT2D eigenvalue weighted by molar-refractivity contribution is 6.05. The molecule has 10 heteroatoms. The Morgan fingerprint density at radius 3 is 2.77 bits per heavy atom. The van der Waals surface area contributed by atoms with Crippen LogP contribution in [0.25, 0.3) is 16.7 Å². The molecule has 0 saturated carbocycles.